The van der Waals surface area contributed by atoms with Gasteiger partial charge in [0.25, 0.3) is 0 Å². The topological polar surface area (TPSA) is 108 Å². The van der Waals surface area contributed by atoms with Crippen LogP contribution in [0.3, 0.4) is 0 Å². The summed E-state index contributed by atoms with van der Waals surface area (Å²) in [5.74, 6) is -0.788. The molecule has 66 heavy (non-hydrogen) atoms. The Labute approximate surface area is 409 Å². The molecule has 0 radical (unpaired) electrons. The Bertz CT molecular complexity index is 1170. The van der Waals surface area contributed by atoms with Crippen LogP contribution in [0.25, 0.3) is 0 Å². The van der Waals surface area contributed by atoms with Crippen molar-refractivity contribution in [3.63, 3.8) is 0 Å². The molecule has 0 aliphatic heterocycles. The zero-order valence-electron chi connectivity index (χ0n) is 44.2. The highest BCUT2D eigenvalue weighted by atomic mass is 31.2. The van der Waals surface area contributed by atoms with E-state index in [1.54, 1.807) is 0 Å². The van der Waals surface area contributed by atoms with Gasteiger partial charge in [0.05, 0.1) is 27.7 Å². The first kappa shape index (κ1) is 64.5. The Morgan fingerprint density at radius 3 is 1.12 bits per heavy atom. The molecular formula is C56H109NO8P+. The highest BCUT2D eigenvalue weighted by molar-refractivity contribution is 7.47. The van der Waals surface area contributed by atoms with Crippen LogP contribution in [0.15, 0.2) is 24.3 Å². The first-order chi connectivity index (χ1) is 32.0. The number of nitrogens with zero attached hydrogens (tertiary/aromatic N) is 1. The van der Waals surface area contributed by atoms with Crippen LogP contribution >= 0.6 is 7.82 Å². The van der Waals surface area contributed by atoms with Crippen molar-refractivity contribution in [2.24, 2.45) is 0 Å². The van der Waals surface area contributed by atoms with Gasteiger partial charge in [-0.05, 0) is 64.2 Å². The number of carbonyl (C=O) groups is 2. The molecule has 1 N–H and O–H groups in total. The van der Waals surface area contributed by atoms with E-state index in [9.17, 15) is 19.0 Å². The smallest absolute Gasteiger partial charge is 0.462 e. The fourth-order valence-corrected chi connectivity index (χ4v) is 8.81. The van der Waals surface area contributed by atoms with E-state index >= 15 is 0 Å². The average molecular weight is 955 g/mol. The molecule has 0 fully saturated rings. The number of esters is 2. The predicted octanol–water partition coefficient (Wildman–Crippen LogP) is 17.0. The van der Waals surface area contributed by atoms with Crippen molar-refractivity contribution in [2.75, 3.05) is 47.5 Å². The first-order valence-electron chi connectivity index (χ1n) is 28.1. The van der Waals surface area contributed by atoms with Crippen molar-refractivity contribution in [1.82, 2.24) is 0 Å². The number of carbonyl (C=O) groups excluding carboxylic acids is 2. The van der Waals surface area contributed by atoms with Gasteiger partial charge in [0.2, 0.25) is 0 Å². The molecule has 2 atom stereocenters. The number of allylic oxidation sites excluding steroid dienone is 4. The molecule has 0 saturated carbocycles. The zero-order valence-corrected chi connectivity index (χ0v) is 45.1. The van der Waals surface area contributed by atoms with Crippen molar-refractivity contribution < 1.29 is 42.1 Å². The van der Waals surface area contributed by atoms with E-state index in [0.29, 0.717) is 17.4 Å². The fourth-order valence-electron chi connectivity index (χ4n) is 8.07. The molecule has 0 aliphatic carbocycles. The van der Waals surface area contributed by atoms with Gasteiger partial charge in [0.1, 0.15) is 19.8 Å². The van der Waals surface area contributed by atoms with Crippen LogP contribution in [0.4, 0.5) is 0 Å². The molecule has 0 rings (SSSR count). The number of phosphoric ester groups is 1. The Morgan fingerprint density at radius 1 is 0.455 bits per heavy atom. The molecular weight excluding hydrogens is 846 g/mol. The van der Waals surface area contributed by atoms with Gasteiger partial charge in [0, 0.05) is 12.8 Å². The number of phosphoric acid groups is 1. The minimum Gasteiger partial charge on any atom is -0.462 e. The lowest BCUT2D eigenvalue weighted by Crippen LogP contribution is -2.37. The maximum atomic E-state index is 12.8. The van der Waals surface area contributed by atoms with Gasteiger partial charge in [-0.2, -0.15) is 0 Å². The third-order valence-electron chi connectivity index (χ3n) is 12.5. The number of ether oxygens (including phenoxy) is 2. The summed E-state index contributed by atoms with van der Waals surface area (Å²) in [7, 11) is 1.49. The summed E-state index contributed by atoms with van der Waals surface area (Å²) in [5.41, 5.74) is 0. The molecule has 2 unspecified atom stereocenters. The molecule has 10 heteroatoms. The van der Waals surface area contributed by atoms with Crippen molar-refractivity contribution >= 4 is 19.8 Å². The van der Waals surface area contributed by atoms with Gasteiger partial charge >= 0.3 is 19.8 Å². The summed E-state index contributed by atoms with van der Waals surface area (Å²) in [6.45, 7) is 4.47. The number of hydrogen-bond acceptors (Lipinski definition) is 7. The molecule has 0 aromatic rings. The fraction of sp³-hybridized carbons (Fsp3) is 0.893. The van der Waals surface area contributed by atoms with Crippen molar-refractivity contribution in [3.05, 3.63) is 24.3 Å². The van der Waals surface area contributed by atoms with Crippen LogP contribution < -0.4 is 0 Å². The molecule has 0 aromatic heterocycles. The molecule has 0 saturated heterocycles. The van der Waals surface area contributed by atoms with Gasteiger partial charge in [-0.25, -0.2) is 4.57 Å². The lowest BCUT2D eigenvalue weighted by molar-refractivity contribution is -0.870. The second kappa shape index (κ2) is 48.5. The second-order valence-corrected chi connectivity index (χ2v) is 21.8. The van der Waals surface area contributed by atoms with E-state index in [-0.39, 0.29) is 32.0 Å². The molecule has 0 heterocycles. The SMILES string of the molecule is CCCCCCCC/C=C\CCCCCCCCCCCC(=O)OCC(COP(=O)(O)OCC[N+](C)(C)C)OC(=O)CCCCCCCCCCCCC/C=C\CCCCCCCCCC. The Morgan fingerprint density at radius 2 is 0.773 bits per heavy atom. The van der Waals surface area contributed by atoms with Gasteiger partial charge < -0.3 is 18.9 Å². The summed E-state index contributed by atoms with van der Waals surface area (Å²) in [5, 5.41) is 0. The Balaban J connectivity index is 4.17. The summed E-state index contributed by atoms with van der Waals surface area (Å²) in [6.07, 6.45) is 56.6. The van der Waals surface area contributed by atoms with Crippen LogP contribution in [-0.4, -0.2) is 74.9 Å². The number of hydrogen-bond donors (Lipinski definition) is 1. The Kier molecular flexibility index (Phi) is 47.4. The zero-order chi connectivity index (χ0) is 48.5. The minimum absolute atomic E-state index is 0.0333. The number of quaternary nitrogens is 1. The van der Waals surface area contributed by atoms with Gasteiger partial charge in [-0.3, -0.25) is 18.6 Å². The van der Waals surface area contributed by atoms with E-state index in [1.165, 1.54) is 205 Å². The summed E-state index contributed by atoms with van der Waals surface area (Å²) < 4.78 is 34.5. The van der Waals surface area contributed by atoms with Gasteiger partial charge in [0.15, 0.2) is 6.10 Å². The monoisotopic (exact) mass is 955 g/mol. The summed E-state index contributed by atoms with van der Waals surface area (Å²) in [4.78, 5) is 35.6. The molecule has 0 aromatic carbocycles. The molecule has 9 nitrogen and oxygen atoms in total. The van der Waals surface area contributed by atoms with Crippen molar-refractivity contribution in [2.45, 2.75) is 277 Å². The van der Waals surface area contributed by atoms with E-state index in [0.717, 1.165) is 32.1 Å². The molecule has 390 valence electrons. The summed E-state index contributed by atoms with van der Waals surface area (Å²) in [6, 6.07) is 0. The number of likely N-dealkylation sites (N-methyl/N-ethyl adjacent to an activating group) is 1. The number of rotatable bonds is 52. The van der Waals surface area contributed by atoms with Crippen molar-refractivity contribution in [3.8, 4) is 0 Å². The quantitative estimate of drug-likeness (QED) is 0.0211. The van der Waals surface area contributed by atoms with Crippen LogP contribution in [0, 0.1) is 0 Å². The first-order valence-corrected chi connectivity index (χ1v) is 29.6. The maximum Gasteiger partial charge on any atom is 0.472 e. The Hall–Kier alpha value is -1.51. The molecule has 0 aliphatic rings. The van der Waals surface area contributed by atoms with E-state index in [4.69, 9.17) is 18.5 Å². The standard InChI is InChI=1S/C56H108NO8P/c1-6-8-10-12-14-16-18-20-22-24-26-27-28-29-31-33-35-37-39-41-43-45-47-49-56(59)65-54(53-64-66(60,61)63-51-50-57(3,4)5)52-62-55(58)48-46-44-42-40-38-36-34-32-30-25-23-21-19-17-15-13-11-9-7-2/h21,23-24,26,54H,6-20,22,25,27-53H2,1-5H3/p+1/b23-21-,26-24-. The van der Waals surface area contributed by atoms with Crippen LogP contribution in [0.1, 0.15) is 271 Å². The highest BCUT2D eigenvalue weighted by Gasteiger charge is 2.27. The van der Waals surface area contributed by atoms with E-state index in [1.807, 2.05) is 21.1 Å². The molecule has 0 amide bonds. The van der Waals surface area contributed by atoms with E-state index < -0.39 is 26.5 Å². The second-order valence-electron chi connectivity index (χ2n) is 20.3. The van der Waals surface area contributed by atoms with Crippen LogP contribution in [0.5, 0.6) is 0 Å². The summed E-state index contributed by atoms with van der Waals surface area (Å²) >= 11 is 0. The van der Waals surface area contributed by atoms with Crippen molar-refractivity contribution in [1.29, 1.82) is 0 Å². The predicted molar refractivity (Wildman–Crippen MR) is 280 cm³/mol. The molecule has 0 spiro atoms. The lowest BCUT2D eigenvalue weighted by Gasteiger charge is -2.24. The van der Waals surface area contributed by atoms with Gasteiger partial charge in [-0.15, -0.1) is 0 Å². The average Bonchev–Trinajstić information content (AvgIpc) is 3.27. The normalized spacial score (nSPS) is 13.5. The lowest BCUT2D eigenvalue weighted by atomic mass is 10.0. The van der Waals surface area contributed by atoms with E-state index in [2.05, 4.69) is 38.2 Å². The number of unbranched alkanes of at least 4 members (excludes halogenated alkanes) is 34. The third-order valence-corrected chi connectivity index (χ3v) is 13.4. The third kappa shape index (κ3) is 51.9. The maximum absolute atomic E-state index is 12.8. The molecule has 0 bridgehead atoms. The van der Waals surface area contributed by atoms with Crippen LogP contribution in [-0.2, 0) is 32.7 Å². The van der Waals surface area contributed by atoms with Gasteiger partial charge in [-0.1, -0.05) is 218 Å². The van der Waals surface area contributed by atoms with Crippen LogP contribution in [0.2, 0.25) is 0 Å². The largest absolute Gasteiger partial charge is 0.472 e. The highest BCUT2D eigenvalue weighted by Crippen LogP contribution is 2.43. The minimum atomic E-state index is -4.38.